The van der Waals surface area contributed by atoms with Crippen molar-refractivity contribution < 1.29 is 14.3 Å². The van der Waals surface area contributed by atoms with Crippen molar-refractivity contribution in [2.75, 3.05) is 26.8 Å². The molecule has 0 N–H and O–H groups in total. The Morgan fingerprint density at radius 1 is 1.26 bits per heavy atom. The van der Waals surface area contributed by atoms with Gasteiger partial charge in [-0.2, -0.15) is 0 Å². The van der Waals surface area contributed by atoms with E-state index in [4.69, 9.17) is 9.47 Å². The molecule has 0 aliphatic heterocycles. The number of benzene rings is 1. The molecule has 1 rings (SSSR count). The van der Waals surface area contributed by atoms with Crippen LogP contribution < -0.4 is 4.74 Å². The molecule has 0 unspecified atom stereocenters. The maximum absolute atomic E-state index is 11.3. The molecule has 0 radical (unpaired) electrons. The summed E-state index contributed by atoms with van der Waals surface area (Å²) >= 11 is 0. The van der Waals surface area contributed by atoms with Gasteiger partial charge < -0.3 is 9.47 Å². The lowest BCUT2D eigenvalue weighted by Crippen LogP contribution is -2.37. The van der Waals surface area contributed by atoms with Crippen molar-refractivity contribution in [2.24, 2.45) is 0 Å². The summed E-state index contributed by atoms with van der Waals surface area (Å²) < 4.78 is 10.3. The fourth-order valence-corrected chi connectivity index (χ4v) is 1.72. The third kappa shape index (κ3) is 6.25. The molecule has 0 aliphatic carbocycles. The van der Waals surface area contributed by atoms with Crippen molar-refractivity contribution in [3.63, 3.8) is 0 Å². The summed E-state index contributed by atoms with van der Waals surface area (Å²) in [6, 6.07) is 10.1. The molecule has 0 fully saturated rings. The summed E-state index contributed by atoms with van der Waals surface area (Å²) in [7, 11) is 1.42. The van der Waals surface area contributed by atoms with Crippen LogP contribution in [-0.2, 0) is 9.53 Å². The standard InChI is InChI=1S/C15H23NO3/c1-13(2)16(12-15(17)18-3)10-7-11-19-14-8-5-4-6-9-14/h4-6,8-9,13H,7,10-12H2,1-3H3. The van der Waals surface area contributed by atoms with Crippen molar-refractivity contribution in [2.45, 2.75) is 26.3 Å². The van der Waals surface area contributed by atoms with Crippen LogP contribution in [0.2, 0.25) is 0 Å². The largest absolute Gasteiger partial charge is 0.494 e. The van der Waals surface area contributed by atoms with Gasteiger partial charge in [-0.1, -0.05) is 18.2 Å². The fraction of sp³-hybridized carbons (Fsp3) is 0.533. The SMILES string of the molecule is COC(=O)CN(CCCOc1ccccc1)C(C)C. The van der Waals surface area contributed by atoms with E-state index in [2.05, 4.69) is 18.7 Å². The Bertz CT molecular complexity index is 365. The van der Waals surface area contributed by atoms with Crippen LogP contribution in [0.3, 0.4) is 0 Å². The third-order valence-electron chi connectivity index (χ3n) is 2.89. The monoisotopic (exact) mass is 265 g/mol. The predicted molar refractivity (Wildman–Crippen MR) is 75.3 cm³/mol. The number of para-hydroxylation sites is 1. The van der Waals surface area contributed by atoms with Gasteiger partial charge in [-0.25, -0.2) is 0 Å². The van der Waals surface area contributed by atoms with Crippen LogP contribution in [-0.4, -0.2) is 43.7 Å². The Labute approximate surface area is 115 Å². The molecule has 0 bridgehead atoms. The number of hydrogen-bond donors (Lipinski definition) is 0. The molecule has 1 aromatic rings. The van der Waals surface area contributed by atoms with Crippen LogP contribution in [0.1, 0.15) is 20.3 Å². The van der Waals surface area contributed by atoms with E-state index < -0.39 is 0 Å². The summed E-state index contributed by atoms with van der Waals surface area (Å²) in [5, 5.41) is 0. The third-order valence-corrected chi connectivity index (χ3v) is 2.89. The number of carbonyl (C=O) groups excluding carboxylic acids is 1. The van der Waals surface area contributed by atoms with E-state index >= 15 is 0 Å². The van der Waals surface area contributed by atoms with Crippen LogP contribution in [0.25, 0.3) is 0 Å². The molecule has 4 nitrogen and oxygen atoms in total. The molecular weight excluding hydrogens is 242 g/mol. The van der Waals surface area contributed by atoms with Crippen LogP contribution in [0.15, 0.2) is 30.3 Å². The first-order valence-corrected chi connectivity index (χ1v) is 6.62. The first-order valence-electron chi connectivity index (χ1n) is 6.62. The highest BCUT2D eigenvalue weighted by molar-refractivity contribution is 5.71. The molecule has 1 aromatic carbocycles. The summed E-state index contributed by atoms with van der Waals surface area (Å²) in [4.78, 5) is 13.4. The first kappa shape index (κ1) is 15.5. The first-order chi connectivity index (χ1) is 9.13. The van der Waals surface area contributed by atoms with Gasteiger partial charge in [0.15, 0.2) is 0 Å². The van der Waals surface area contributed by atoms with Crippen LogP contribution in [0.5, 0.6) is 5.75 Å². The van der Waals surface area contributed by atoms with E-state index in [9.17, 15) is 4.79 Å². The van der Waals surface area contributed by atoms with E-state index in [0.717, 1.165) is 18.7 Å². The average molecular weight is 265 g/mol. The maximum Gasteiger partial charge on any atom is 0.319 e. The van der Waals surface area contributed by atoms with Gasteiger partial charge >= 0.3 is 5.97 Å². The number of ether oxygens (including phenoxy) is 2. The van der Waals surface area contributed by atoms with Crippen molar-refractivity contribution in [1.29, 1.82) is 0 Å². The van der Waals surface area contributed by atoms with Crippen LogP contribution in [0, 0.1) is 0 Å². The lowest BCUT2D eigenvalue weighted by molar-refractivity contribution is -0.142. The van der Waals surface area contributed by atoms with Gasteiger partial charge in [-0.15, -0.1) is 0 Å². The molecule has 106 valence electrons. The summed E-state index contributed by atoms with van der Waals surface area (Å²) in [6.07, 6.45) is 0.879. The highest BCUT2D eigenvalue weighted by Crippen LogP contribution is 2.09. The fourth-order valence-electron chi connectivity index (χ4n) is 1.72. The van der Waals surface area contributed by atoms with Gasteiger partial charge in [0.25, 0.3) is 0 Å². The normalized spacial score (nSPS) is 10.8. The molecule has 0 aromatic heterocycles. The molecule has 0 atom stereocenters. The Hall–Kier alpha value is -1.55. The average Bonchev–Trinajstić information content (AvgIpc) is 2.42. The Kier molecular flexibility index (Phi) is 6.97. The number of methoxy groups -OCH3 is 1. The summed E-state index contributed by atoms with van der Waals surface area (Å²) in [6.45, 7) is 5.94. The van der Waals surface area contributed by atoms with E-state index in [0.29, 0.717) is 19.2 Å². The van der Waals surface area contributed by atoms with Crippen molar-refractivity contribution >= 4 is 5.97 Å². The van der Waals surface area contributed by atoms with Gasteiger partial charge in [0, 0.05) is 12.6 Å². The minimum Gasteiger partial charge on any atom is -0.494 e. The Morgan fingerprint density at radius 3 is 2.53 bits per heavy atom. The molecule has 4 heteroatoms. The zero-order valence-electron chi connectivity index (χ0n) is 12.0. The van der Waals surface area contributed by atoms with Crippen LogP contribution in [0.4, 0.5) is 0 Å². The number of rotatable bonds is 8. The van der Waals surface area contributed by atoms with E-state index in [-0.39, 0.29) is 5.97 Å². The van der Waals surface area contributed by atoms with Gasteiger partial charge in [-0.3, -0.25) is 9.69 Å². The Morgan fingerprint density at radius 2 is 1.95 bits per heavy atom. The molecule has 0 saturated heterocycles. The number of hydrogen-bond acceptors (Lipinski definition) is 4. The maximum atomic E-state index is 11.3. The minimum atomic E-state index is -0.197. The number of nitrogens with zero attached hydrogens (tertiary/aromatic N) is 1. The molecule has 19 heavy (non-hydrogen) atoms. The lowest BCUT2D eigenvalue weighted by atomic mass is 10.3. The molecule has 0 aliphatic rings. The molecule has 0 saturated carbocycles. The predicted octanol–water partition coefficient (Wildman–Crippen LogP) is 2.34. The van der Waals surface area contributed by atoms with Gasteiger partial charge in [-0.05, 0) is 32.4 Å². The van der Waals surface area contributed by atoms with Crippen molar-refractivity contribution in [3.05, 3.63) is 30.3 Å². The Balaban J connectivity index is 2.27. The van der Waals surface area contributed by atoms with E-state index in [1.165, 1.54) is 7.11 Å². The van der Waals surface area contributed by atoms with E-state index in [1.54, 1.807) is 0 Å². The second kappa shape index (κ2) is 8.53. The molecule has 0 spiro atoms. The summed E-state index contributed by atoms with van der Waals surface area (Å²) in [5.41, 5.74) is 0. The molecular formula is C15H23NO3. The second-order valence-electron chi connectivity index (χ2n) is 4.66. The zero-order valence-corrected chi connectivity index (χ0v) is 12.0. The lowest BCUT2D eigenvalue weighted by Gasteiger charge is -2.24. The van der Waals surface area contributed by atoms with Crippen LogP contribution >= 0.6 is 0 Å². The van der Waals surface area contributed by atoms with E-state index in [1.807, 2.05) is 30.3 Å². The topological polar surface area (TPSA) is 38.8 Å². The quantitative estimate of drug-likeness (QED) is 0.534. The number of esters is 1. The zero-order chi connectivity index (χ0) is 14.1. The summed E-state index contributed by atoms with van der Waals surface area (Å²) in [5.74, 6) is 0.684. The van der Waals surface area contributed by atoms with Crippen molar-refractivity contribution in [3.8, 4) is 5.75 Å². The second-order valence-corrected chi connectivity index (χ2v) is 4.66. The minimum absolute atomic E-state index is 0.197. The highest BCUT2D eigenvalue weighted by Gasteiger charge is 2.13. The highest BCUT2D eigenvalue weighted by atomic mass is 16.5. The molecule has 0 heterocycles. The van der Waals surface area contributed by atoms with Gasteiger partial charge in [0.05, 0.1) is 20.3 Å². The van der Waals surface area contributed by atoms with Gasteiger partial charge in [0.2, 0.25) is 0 Å². The molecule has 0 amide bonds. The van der Waals surface area contributed by atoms with Crippen molar-refractivity contribution in [1.82, 2.24) is 4.90 Å². The number of carbonyl (C=O) groups is 1. The smallest absolute Gasteiger partial charge is 0.319 e. The van der Waals surface area contributed by atoms with Gasteiger partial charge in [0.1, 0.15) is 5.75 Å².